The summed E-state index contributed by atoms with van der Waals surface area (Å²) in [5.41, 5.74) is 0.354. The van der Waals surface area contributed by atoms with Crippen LogP contribution >= 0.6 is 0 Å². The van der Waals surface area contributed by atoms with Gasteiger partial charge >= 0.3 is 0 Å². The summed E-state index contributed by atoms with van der Waals surface area (Å²) >= 11 is 0. The molecule has 1 atom stereocenters. The van der Waals surface area contributed by atoms with Crippen molar-refractivity contribution >= 4 is 0 Å². The standard InChI is InChI=1S/C14H31NO/c1-12(2)6-7-13(10-16)8-9-15-11-14(3,4)5/h12-13,15-16H,6-11H2,1-5H3/t13-/m1/s1. The molecule has 2 nitrogen and oxygen atoms in total. The molecule has 16 heavy (non-hydrogen) atoms. The van der Waals surface area contributed by atoms with Crippen molar-refractivity contribution in [2.24, 2.45) is 17.3 Å². The first kappa shape index (κ1) is 15.9. The summed E-state index contributed by atoms with van der Waals surface area (Å²) in [7, 11) is 0. The lowest BCUT2D eigenvalue weighted by Crippen LogP contribution is -2.29. The fourth-order valence-electron chi connectivity index (χ4n) is 1.67. The molecule has 0 aliphatic rings. The van der Waals surface area contributed by atoms with Crippen molar-refractivity contribution in [1.29, 1.82) is 0 Å². The fourth-order valence-corrected chi connectivity index (χ4v) is 1.67. The maximum absolute atomic E-state index is 9.27. The Hall–Kier alpha value is -0.0800. The third kappa shape index (κ3) is 10.4. The lowest BCUT2D eigenvalue weighted by molar-refractivity contribution is 0.202. The van der Waals surface area contributed by atoms with Crippen LogP contribution in [0.4, 0.5) is 0 Å². The van der Waals surface area contributed by atoms with Crippen molar-refractivity contribution in [2.75, 3.05) is 19.7 Å². The van der Waals surface area contributed by atoms with Crippen LogP contribution in [0.5, 0.6) is 0 Å². The van der Waals surface area contributed by atoms with E-state index in [1.807, 2.05) is 0 Å². The first-order chi connectivity index (χ1) is 7.35. The Labute approximate surface area is 102 Å². The molecule has 0 heterocycles. The van der Waals surface area contributed by atoms with Gasteiger partial charge in [-0.15, -0.1) is 0 Å². The molecule has 0 radical (unpaired) electrons. The average molecular weight is 229 g/mol. The third-order valence-corrected chi connectivity index (χ3v) is 2.80. The van der Waals surface area contributed by atoms with E-state index in [1.54, 1.807) is 0 Å². The van der Waals surface area contributed by atoms with Crippen LogP contribution in [0, 0.1) is 17.3 Å². The van der Waals surface area contributed by atoms with Gasteiger partial charge in [-0.2, -0.15) is 0 Å². The van der Waals surface area contributed by atoms with Gasteiger partial charge in [0.2, 0.25) is 0 Å². The zero-order valence-corrected chi connectivity index (χ0v) is 11.8. The van der Waals surface area contributed by atoms with Gasteiger partial charge in [0.25, 0.3) is 0 Å². The lowest BCUT2D eigenvalue weighted by Gasteiger charge is -2.20. The molecule has 0 aliphatic heterocycles. The van der Waals surface area contributed by atoms with Gasteiger partial charge in [0.15, 0.2) is 0 Å². The van der Waals surface area contributed by atoms with Gasteiger partial charge in [-0.25, -0.2) is 0 Å². The molecule has 0 bridgehead atoms. The van der Waals surface area contributed by atoms with E-state index in [-0.39, 0.29) is 0 Å². The van der Waals surface area contributed by atoms with Crippen LogP contribution < -0.4 is 5.32 Å². The molecule has 0 spiro atoms. The minimum Gasteiger partial charge on any atom is -0.396 e. The molecule has 2 N–H and O–H groups in total. The van der Waals surface area contributed by atoms with Gasteiger partial charge in [-0.05, 0) is 43.2 Å². The molecule has 0 aliphatic carbocycles. The molecule has 0 aromatic carbocycles. The number of nitrogens with one attached hydrogen (secondary N) is 1. The highest BCUT2D eigenvalue weighted by atomic mass is 16.3. The maximum Gasteiger partial charge on any atom is 0.0459 e. The molecule has 0 saturated heterocycles. The van der Waals surface area contributed by atoms with Crippen molar-refractivity contribution in [2.45, 2.75) is 53.9 Å². The van der Waals surface area contributed by atoms with Crippen LogP contribution in [0.15, 0.2) is 0 Å². The van der Waals surface area contributed by atoms with Crippen LogP contribution in [-0.4, -0.2) is 24.8 Å². The van der Waals surface area contributed by atoms with E-state index in [0.29, 0.717) is 17.9 Å². The lowest BCUT2D eigenvalue weighted by atomic mass is 9.95. The summed E-state index contributed by atoms with van der Waals surface area (Å²) in [6.45, 7) is 13.6. The molecule has 2 heteroatoms. The predicted molar refractivity (Wildman–Crippen MR) is 71.6 cm³/mol. The molecule has 0 saturated carbocycles. The smallest absolute Gasteiger partial charge is 0.0459 e. The van der Waals surface area contributed by atoms with E-state index in [0.717, 1.165) is 31.8 Å². The second kappa shape index (κ2) is 8.08. The van der Waals surface area contributed by atoms with Crippen LogP contribution in [0.3, 0.4) is 0 Å². The molecule has 0 fully saturated rings. The molecule has 0 amide bonds. The maximum atomic E-state index is 9.27. The van der Waals surface area contributed by atoms with E-state index in [2.05, 4.69) is 39.9 Å². The molecule has 0 aromatic heterocycles. The van der Waals surface area contributed by atoms with Crippen molar-refractivity contribution in [3.63, 3.8) is 0 Å². The van der Waals surface area contributed by atoms with Gasteiger partial charge in [-0.3, -0.25) is 0 Å². The second-order valence-corrected chi connectivity index (χ2v) is 6.55. The van der Waals surface area contributed by atoms with Gasteiger partial charge in [0, 0.05) is 6.61 Å². The third-order valence-electron chi connectivity index (χ3n) is 2.80. The number of aliphatic hydroxyl groups is 1. The number of rotatable bonds is 8. The van der Waals surface area contributed by atoms with E-state index in [4.69, 9.17) is 0 Å². The minimum absolute atomic E-state index is 0.337. The Morgan fingerprint density at radius 2 is 1.69 bits per heavy atom. The highest BCUT2D eigenvalue weighted by Crippen LogP contribution is 2.15. The fraction of sp³-hybridized carbons (Fsp3) is 1.00. The van der Waals surface area contributed by atoms with E-state index < -0.39 is 0 Å². The summed E-state index contributed by atoms with van der Waals surface area (Å²) in [6, 6.07) is 0. The highest BCUT2D eigenvalue weighted by molar-refractivity contribution is 4.66. The van der Waals surface area contributed by atoms with Gasteiger partial charge in [-0.1, -0.05) is 41.0 Å². The summed E-state index contributed by atoms with van der Waals surface area (Å²) in [4.78, 5) is 0. The molecular formula is C14H31NO. The minimum atomic E-state index is 0.337. The highest BCUT2D eigenvalue weighted by Gasteiger charge is 2.11. The van der Waals surface area contributed by atoms with Gasteiger partial charge < -0.3 is 10.4 Å². The SMILES string of the molecule is CC(C)CC[C@@H](CO)CCNCC(C)(C)C. The topological polar surface area (TPSA) is 32.3 Å². The summed E-state index contributed by atoms with van der Waals surface area (Å²) in [5.74, 6) is 1.23. The normalized spacial score (nSPS) is 14.4. The largest absolute Gasteiger partial charge is 0.396 e. The van der Waals surface area contributed by atoms with E-state index in [1.165, 1.54) is 6.42 Å². The number of aliphatic hydroxyl groups excluding tert-OH is 1. The van der Waals surface area contributed by atoms with Crippen LogP contribution in [0.2, 0.25) is 0 Å². The van der Waals surface area contributed by atoms with E-state index >= 15 is 0 Å². The molecule has 0 rings (SSSR count). The van der Waals surface area contributed by atoms with Crippen LogP contribution in [0.25, 0.3) is 0 Å². The first-order valence-corrected chi connectivity index (χ1v) is 6.66. The Morgan fingerprint density at radius 1 is 1.06 bits per heavy atom. The quantitative estimate of drug-likeness (QED) is 0.627. The van der Waals surface area contributed by atoms with Crippen molar-refractivity contribution in [1.82, 2.24) is 5.32 Å². The molecular weight excluding hydrogens is 198 g/mol. The Bertz CT molecular complexity index is 161. The summed E-state index contributed by atoms with van der Waals surface area (Å²) < 4.78 is 0. The Kier molecular flexibility index (Phi) is 8.04. The molecule has 0 aromatic rings. The van der Waals surface area contributed by atoms with Crippen molar-refractivity contribution in [3.8, 4) is 0 Å². The number of hydrogen-bond acceptors (Lipinski definition) is 2. The monoisotopic (exact) mass is 229 g/mol. The van der Waals surface area contributed by atoms with Crippen LogP contribution in [0.1, 0.15) is 53.9 Å². The van der Waals surface area contributed by atoms with Gasteiger partial charge in [0.1, 0.15) is 0 Å². The summed E-state index contributed by atoms with van der Waals surface area (Å²) in [5, 5.41) is 12.7. The van der Waals surface area contributed by atoms with Crippen molar-refractivity contribution in [3.05, 3.63) is 0 Å². The Balaban J connectivity index is 3.55. The number of hydrogen-bond donors (Lipinski definition) is 2. The van der Waals surface area contributed by atoms with Gasteiger partial charge in [0.05, 0.1) is 0 Å². The molecule has 0 unspecified atom stereocenters. The molecule has 98 valence electrons. The van der Waals surface area contributed by atoms with Crippen molar-refractivity contribution < 1.29 is 5.11 Å². The van der Waals surface area contributed by atoms with Crippen LogP contribution in [-0.2, 0) is 0 Å². The second-order valence-electron chi connectivity index (χ2n) is 6.55. The zero-order chi connectivity index (χ0) is 12.6. The zero-order valence-electron chi connectivity index (χ0n) is 11.8. The first-order valence-electron chi connectivity index (χ1n) is 6.66. The van der Waals surface area contributed by atoms with E-state index in [9.17, 15) is 5.11 Å². The average Bonchev–Trinajstić information content (AvgIpc) is 2.15. The summed E-state index contributed by atoms with van der Waals surface area (Å²) in [6.07, 6.45) is 3.48. The predicted octanol–water partition coefficient (Wildman–Crippen LogP) is 3.06. The Morgan fingerprint density at radius 3 is 2.12 bits per heavy atom.